The van der Waals surface area contributed by atoms with Crippen molar-refractivity contribution in [3.05, 3.63) is 54.1 Å². The maximum Gasteiger partial charge on any atom is 0.338 e. The molecule has 0 spiro atoms. The smallest absolute Gasteiger partial charge is 0.338 e. The fourth-order valence-electron chi connectivity index (χ4n) is 2.62. The summed E-state index contributed by atoms with van der Waals surface area (Å²) in [4.78, 5) is 24.2. The Hall–Kier alpha value is -3.40. The maximum absolute atomic E-state index is 12.4. The Morgan fingerprint density at radius 3 is 2.61 bits per heavy atom. The highest BCUT2D eigenvalue weighted by molar-refractivity contribution is 7.99. The van der Waals surface area contributed by atoms with E-state index in [-0.39, 0.29) is 17.6 Å². The van der Waals surface area contributed by atoms with E-state index in [1.54, 1.807) is 28.9 Å². The van der Waals surface area contributed by atoms with Crippen molar-refractivity contribution < 1.29 is 19.1 Å². The predicted molar refractivity (Wildman–Crippen MR) is 117 cm³/mol. The summed E-state index contributed by atoms with van der Waals surface area (Å²) in [5.74, 6) is 0.159. The summed E-state index contributed by atoms with van der Waals surface area (Å²) in [7, 11) is 0. The molecule has 3 aromatic rings. The summed E-state index contributed by atoms with van der Waals surface area (Å²) in [5.41, 5.74) is 1.72. The standard InChI is InChI=1S/C21H23N5O4S/c1-3-13-30-20(28)15-9-11-16(12-10-15)22-19(27)14-31-21-23-24-25-26(21)17-7-5-6-8-18(17)29-4-2/h5-12H,3-4,13-14H2,1-2H3,(H,22,27). The van der Waals surface area contributed by atoms with Gasteiger partial charge in [0, 0.05) is 5.69 Å². The van der Waals surface area contributed by atoms with Crippen LogP contribution in [0.2, 0.25) is 0 Å². The number of aromatic nitrogens is 4. The van der Waals surface area contributed by atoms with Crippen molar-refractivity contribution in [2.24, 2.45) is 0 Å². The average molecular weight is 442 g/mol. The van der Waals surface area contributed by atoms with E-state index in [2.05, 4.69) is 20.8 Å². The van der Waals surface area contributed by atoms with Crippen molar-refractivity contribution in [3.8, 4) is 11.4 Å². The molecule has 0 fully saturated rings. The molecule has 1 amide bonds. The molecule has 0 aliphatic heterocycles. The molecule has 0 unspecified atom stereocenters. The van der Waals surface area contributed by atoms with Gasteiger partial charge in [0.2, 0.25) is 11.1 Å². The number of anilines is 1. The van der Waals surface area contributed by atoms with Crippen LogP contribution in [0.1, 0.15) is 30.6 Å². The molecule has 162 valence electrons. The number of benzene rings is 2. The fourth-order valence-corrected chi connectivity index (χ4v) is 3.31. The van der Waals surface area contributed by atoms with Crippen LogP contribution in [0.5, 0.6) is 5.75 Å². The summed E-state index contributed by atoms with van der Waals surface area (Å²) < 4.78 is 12.3. The summed E-state index contributed by atoms with van der Waals surface area (Å²) >= 11 is 1.20. The molecule has 9 nitrogen and oxygen atoms in total. The van der Waals surface area contributed by atoms with E-state index in [1.807, 2.05) is 38.1 Å². The topological polar surface area (TPSA) is 108 Å². The maximum atomic E-state index is 12.4. The lowest BCUT2D eigenvalue weighted by molar-refractivity contribution is -0.113. The number of rotatable bonds is 10. The van der Waals surface area contributed by atoms with Gasteiger partial charge in [-0.3, -0.25) is 4.79 Å². The van der Waals surface area contributed by atoms with Gasteiger partial charge in [-0.15, -0.1) is 5.10 Å². The first-order chi connectivity index (χ1) is 15.1. The first kappa shape index (κ1) is 22.3. The zero-order valence-corrected chi connectivity index (χ0v) is 18.1. The summed E-state index contributed by atoms with van der Waals surface area (Å²) in [6.07, 6.45) is 0.762. The molecule has 2 aromatic carbocycles. The molecule has 0 bridgehead atoms. The van der Waals surface area contributed by atoms with Crippen LogP contribution in [0.25, 0.3) is 5.69 Å². The van der Waals surface area contributed by atoms with Crippen LogP contribution in [0.4, 0.5) is 5.69 Å². The number of carbonyl (C=O) groups is 2. The second kappa shape index (κ2) is 11.1. The van der Waals surface area contributed by atoms with E-state index in [9.17, 15) is 9.59 Å². The quantitative estimate of drug-likeness (QED) is 0.377. The minimum atomic E-state index is -0.380. The Kier molecular flexibility index (Phi) is 7.99. The fraction of sp³-hybridized carbons (Fsp3) is 0.286. The number of nitrogens with zero attached hydrogens (tertiary/aromatic N) is 4. The largest absolute Gasteiger partial charge is 0.492 e. The van der Waals surface area contributed by atoms with Crippen LogP contribution in [0, 0.1) is 0 Å². The molecule has 3 rings (SSSR count). The first-order valence-electron chi connectivity index (χ1n) is 9.82. The highest BCUT2D eigenvalue weighted by atomic mass is 32.2. The van der Waals surface area contributed by atoms with E-state index in [0.29, 0.717) is 41.1 Å². The highest BCUT2D eigenvalue weighted by Gasteiger charge is 2.15. The predicted octanol–water partition coefficient (Wildman–Crippen LogP) is 3.36. The zero-order chi connectivity index (χ0) is 22.1. The van der Waals surface area contributed by atoms with Crippen molar-refractivity contribution in [3.63, 3.8) is 0 Å². The lowest BCUT2D eigenvalue weighted by atomic mass is 10.2. The number of para-hydroxylation sites is 2. The van der Waals surface area contributed by atoms with Gasteiger partial charge in [0.1, 0.15) is 11.4 Å². The highest BCUT2D eigenvalue weighted by Crippen LogP contribution is 2.26. The SMILES string of the molecule is CCCOC(=O)c1ccc(NC(=O)CSc2nnnn2-c2ccccc2OCC)cc1. The van der Waals surface area contributed by atoms with Gasteiger partial charge in [-0.25, -0.2) is 4.79 Å². The number of thioether (sulfide) groups is 1. The van der Waals surface area contributed by atoms with Crippen LogP contribution in [-0.2, 0) is 9.53 Å². The Morgan fingerprint density at radius 2 is 1.87 bits per heavy atom. The molecule has 0 aliphatic carbocycles. The summed E-state index contributed by atoms with van der Waals surface area (Å²) in [5, 5.41) is 15.0. The summed E-state index contributed by atoms with van der Waals surface area (Å²) in [6.45, 7) is 4.72. The third kappa shape index (κ3) is 6.05. The third-order valence-corrected chi connectivity index (χ3v) is 4.93. The summed E-state index contributed by atoms with van der Waals surface area (Å²) in [6, 6.07) is 14.0. The normalized spacial score (nSPS) is 10.5. The van der Waals surface area contributed by atoms with E-state index in [0.717, 1.165) is 6.42 Å². The Morgan fingerprint density at radius 1 is 1.10 bits per heavy atom. The van der Waals surface area contributed by atoms with Gasteiger partial charge in [-0.2, -0.15) is 4.68 Å². The number of carbonyl (C=O) groups excluding carboxylic acids is 2. The van der Waals surface area contributed by atoms with Gasteiger partial charge in [-0.05, 0) is 60.2 Å². The molecular formula is C21H23N5O4S. The molecule has 0 atom stereocenters. The molecule has 10 heteroatoms. The van der Waals surface area contributed by atoms with Gasteiger partial charge < -0.3 is 14.8 Å². The van der Waals surface area contributed by atoms with Crippen molar-refractivity contribution >= 4 is 29.3 Å². The Balaban J connectivity index is 1.59. The van der Waals surface area contributed by atoms with Gasteiger partial charge in [0.25, 0.3) is 0 Å². The minimum Gasteiger partial charge on any atom is -0.492 e. The molecule has 0 saturated carbocycles. The van der Waals surface area contributed by atoms with Crippen LogP contribution < -0.4 is 10.1 Å². The van der Waals surface area contributed by atoms with Crippen LogP contribution >= 0.6 is 11.8 Å². The van der Waals surface area contributed by atoms with Crippen LogP contribution in [0.3, 0.4) is 0 Å². The molecule has 31 heavy (non-hydrogen) atoms. The Labute approximate surface area is 184 Å². The molecular weight excluding hydrogens is 418 g/mol. The van der Waals surface area contributed by atoms with E-state index >= 15 is 0 Å². The average Bonchev–Trinajstić information content (AvgIpc) is 3.25. The van der Waals surface area contributed by atoms with Crippen molar-refractivity contribution in [1.29, 1.82) is 0 Å². The number of esters is 1. The molecule has 1 heterocycles. The molecule has 0 radical (unpaired) electrons. The lowest BCUT2D eigenvalue weighted by Crippen LogP contribution is -2.15. The number of hydrogen-bond acceptors (Lipinski definition) is 8. The number of tetrazole rings is 1. The number of nitrogens with one attached hydrogen (secondary N) is 1. The molecule has 1 N–H and O–H groups in total. The molecule has 1 aromatic heterocycles. The Bertz CT molecular complexity index is 1020. The van der Waals surface area contributed by atoms with Gasteiger partial charge in [0.15, 0.2) is 0 Å². The first-order valence-corrected chi connectivity index (χ1v) is 10.8. The molecule has 0 aliphatic rings. The van der Waals surface area contributed by atoms with E-state index in [1.165, 1.54) is 11.8 Å². The number of ether oxygens (including phenoxy) is 2. The van der Waals surface area contributed by atoms with E-state index in [4.69, 9.17) is 9.47 Å². The van der Waals surface area contributed by atoms with Crippen molar-refractivity contribution in [2.45, 2.75) is 25.4 Å². The number of hydrogen-bond donors (Lipinski definition) is 1. The third-order valence-electron chi connectivity index (χ3n) is 4.01. The van der Waals surface area contributed by atoms with Gasteiger partial charge in [0.05, 0.1) is 24.5 Å². The van der Waals surface area contributed by atoms with Crippen molar-refractivity contribution in [1.82, 2.24) is 20.2 Å². The zero-order valence-electron chi connectivity index (χ0n) is 17.3. The van der Waals surface area contributed by atoms with E-state index < -0.39 is 0 Å². The van der Waals surface area contributed by atoms with Gasteiger partial charge in [-0.1, -0.05) is 30.8 Å². The van der Waals surface area contributed by atoms with Crippen LogP contribution in [0.15, 0.2) is 53.7 Å². The lowest BCUT2D eigenvalue weighted by Gasteiger charge is -2.10. The second-order valence-electron chi connectivity index (χ2n) is 6.32. The monoisotopic (exact) mass is 441 g/mol. The minimum absolute atomic E-state index is 0.109. The van der Waals surface area contributed by atoms with Crippen molar-refractivity contribution in [2.75, 3.05) is 24.3 Å². The van der Waals surface area contributed by atoms with Gasteiger partial charge >= 0.3 is 5.97 Å². The number of amides is 1. The second-order valence-corrected chi connectivity index (χ2v) is 7.27. The van der Waals surface area contributed by atoms with Crippen LogP contribution in [-0.4, -0.2) is 51.1 Å². The molecule has 0 saturated heterocycles.